The van der Waals surface area contributed by atoms with Gasteiger partial charge in [-0.05, 0) is 30.2 Å². The van der Waals surface area contributed by atoms with Crippen LogP contribution >= 0.6 is 11.6 Å². The first kappa shape index (κ1) is 8.69. The third-order valence-corrected chi connectivity index (χ3v) is 2.46. The molecule has 13 heavy (non-hydrogen) atoms. The van der Waals surface area contributed by atoms with Crippen molar-refractivity contribution in [3.8, 4) is 0 Å². The molecule has 1 aromatic rings. The molecule has 4 heteroatoms. The average molecular weight is 198 g/mol. The maximum absolute atomic E-state index is 11.5. The Kier molecular flexibility index (Phi) is 2.07. The molecule has 2 N–H and O–H groups in total. The van der Waals surface area contributed by atoms with Gasteiger partial charge < -0.3 is 5.21 Å². The van der Waals surface area contributed by atoms with Crippen molar-refractivity contribution in [1.29, 1.82) is 0 Å². The van der Waals surface area contributed by atoms with Crippen molar-refractivity contribution in [2.24, 2.45) is 0 Å². The molecule has 3 nitrogen and oxygen atoms in total. The Morgan fingerprint density at radius 2 is 2.31 bits per heavy atom. The number of benzene rings is 1. The normalized spacial score (nSPS) is 20.5. The number of carbonyl (C=O) groups is 1. The fourth-order valence-corrected chi connectivity index (χ4v) is 1.77. The summed E-state index contributed by atoms with van der Waals surface area (Å²) in [6, 6.07) is 4.62. The molecule has 0 amide bonds. The van der Waals surface area contributed by atoms with Gasteiger partial charge in [-0.1, -0.05) is 11.6 Å². The third kappa shape index (κ3) is 1.35. The summed E-state index contributed by atoms with van der Waals surface area (Å²) in [5.74, 6) is -0.0748. The van der Waals surface area contributed by atoms with E-state index in [9.17, 15) is 4.79 Å². The molecule has 0 aromatic heterocycles. The number of hydrogen-bond acceptors (Lipinski definition) is 3. The second-order valence-corrected chi connectivity index (χ2v) is 3.49. The summed E-state index contributed by atoms with van der Waals surface area (Å²) in [7, 11) is 0. The van der Waals surface area contributed by atoms with Crippen LogP contribution in [0.15, 0.2) is 18.2 Å². The lowest BCUT2D eigenvalue weighted by Crippen LogP contribution is -2.31. The van der Waals surface area contributed by atoms with Crippen LogP contribution in [0.4, 0.5) is 0 Å². The van der Waals surface area contributed by atoms with Gasteiger partial charge in [0, 0.05) is 10.6 Å². The van der Waals surface area contributed by atoms with Gasteiger partial charge in [-0.3, -0.25) is 4.79 Å². The molecule has 68 valence electrons. The smallest absolute Gasteiger partial charge is 0.182 e. The maximum Gasteiger partial charge on any atom is 0.182 e. The van der Waals surface area contributed by atoms with E-state index in [-0.39, 0.29) is 5.78 Å². The Balaban J connectivity index is 2.44. The zero-order chi connectivity index (χ0) is 9.42. The molecule has 2 rings (SSSR count). The number of rotatable bonds is 1. The topological polar surface area (TPSA) is 49.3 Å². The summed E-state index contributed by atoms with van der Waals surface area (Å²) in [6.45, 7) is 0. The number of nitrogens with one attached hydrogen (secondary N) is 1. The molecule has 1 unspecified atom stereocenters. The first-order valence-electron chi connectivity index (χ1n) is 3.94. The average Bonchev–Trinajstić information content (AvgIpc) is 2.42. The van der Waals surface area contributed by atoms with Gasteiger partial charge in [-0.25, -0.2) is 0 Å². The Bertz CT molecular complexity index is 365. The number of fused-ring (bicyclic) bond motifs is 1. The van der Waals surface area contributed by atoms with Crippen molar-refractivity contribution >= 4 is 17.4 Å². The molecule has 1 atom stereocenters. The molecule has 1 aliphatic rings. The Morgan fingerprint density at radius 1 is 1.54 bits per heavy atom. The minimum atomic E-state index is -0.506. The van der Waals surface area contributed by atoms with Gasteiger partial charge in [0.25, 0.3) is 0 Å². The lowest BCUT2D eigenvalue weighted by molar-refractivity contribution is 0.0792. The van der Waals surface area contributed by atoms with E-state index in [1.165, 1.54) is 0 Å². The van der Waals surface area contributed by atoms with Crippen LogP contribution in [0.2, 0.25) is 5.02 Å². The Morgan fingerprint density at radius 3 is 3.00 bits per heavy atom. The van der Waals surface area contributed by atoms with Gasteiger partial charge >= 0.3 is 0 Å². The van der Waals surface area contributed by atoms with Gasteiger partial charge in [0.2, 0.25) is 0 Å². The van der Waals surface area contributed by atoms with Crippen molar-refractivity contribution in [2.45, 2.75) is 12.5 Å². The van der Waals surface area contributed by atoms with Crippen LogP contribution in [0.3, 0.4) is 0 Å². The highest BCUT2D eigenvalue weighted by Crippen LogP contribution is 2.24. The molecule has 0 bridgehead atoms. The summed E-state index contributed by atoms with van der Waals surface area (Å²) >= 11 is 5.77. The van der Waals surface area contributed by atoms with Crippen molar-refractivity contribution in [2.75, 3.05) is 0 Å². The van der Waals surface area contributed by atoms with Crippen LogP contribution in [0, 0.1) is 0 Å². The van der Waals surface area contributed by atoms with Gasteiger partial charge in [-0.2, -0.15) is 5.48 Å². The van der Waals surface area contributed by atoms with E-state index in [0.717, 1.165) is 5.56 Å². The predicted molar refractivity (Wildman–Crippen MR) is 48.2 cm³/mol. The van der Waals surface area contributed by atoms with Gasteiger partial charge in [0.1, 0.15) is 0 Å². The van der Waals surface area contributed by atoms with Crippen molar-refractivity contribution in [1.82, 2.24) is 5.48 Å². The van der Waals surface area contributed by atoms with Crippen LogP contribution in [0.1, 0.15) is 15.9 Å². The SMILES string of the molecule is O=C1c2ccc(Cl)cc2CC1NO. The van der Waals surface area contributed by atoms with Crippen molar-refractivity contribution in [3.63, 3.8) is 0 Å². The lowest BCUT2D eigenvalue weighted by Gasteiger charge is -2.01. The zero-order valence-electron chi connectivity index (χ0n) is 6.75. The van der Waals surface area contributed by atoms with E-state index in [0.29, 0.717) is 17.0 Å². The van der Waals surface area contributed by atoms with Crippen LogP contribution < -0.4 is 5.48 Å². The zero-order valence-corrected chi connectivity index (χ0v) is 7.51. The van der Waals surface area contributed by atoms with Gasteiger partial charge in [-0.15, -0.1) is 0 Å². The first-order valence-corrected chi connectivity index (χ1v) is 4.32. The highest BCUT2D eigenvalue weighted by molar-refractivity contribution is 6.30. The second-order valence-electron chi connectivity index (χ2n) is 3.05. The number of halogens is 1. The molecule has 0 heterocycles. The number of hydrogen-bond donors (Lipinski definition) is 2. The van der Waals surface area contributed by atoms with Gasteiger partial charge in [0.15, 0.2) is 5.78 Å². The molecule has 0 saturated heterocycles. The van der Waals surface area contributed by atoms with E-state index < -0.39 is 6.04 Å². The summed E-state index contributed by atoms with van der Waals surface area (Å²) in [6.07, 6.45) is 0.505. The van der Waals surface area contributed by atoms with Crippen LogP contribution in [-0.2, 0) is 6.42 Å². The highest BCUT2D eigenvalue weighted by atomic mass is 35.5. The molecular weight excluding hydrogens is 190 g/mol. The molecule has 0 radical (unpaired) electrons. The van der Waals surface area contributed by atoms with Crippen molar-refractivity contribution < 1.29 is 10.0 Å². The van der Waals surface area contributed by atoms with Gasteiger partial charge in [0.05, 0.1) is 6.04 Å². The molecule has 1 aromatic carbocycles. The summed E-state index contributed by atoms with van der Waals surface area (Å²) < 4.78 is 0. The quantitative estimate of drug-likeness (QED) is 0.670. The maximum atomic E-state index is 11.5. The van der Waals surface area contributed by atoms with Crippen molar-refractivity contribution in [3.05, 3.63) is 34.3 Å². The monoisotopic (exact) mass is 197 g/mol. The minimum Gasteiger partial charge on any atom is -0.316 e. The fourth-order valence-electron chi connectivity index (χ4n) is 1.58. The number of carbonyl (C=O) groups excluding carboxylic acids is 1. The minimum absolute atomic E-state index is 0.0748. The largest absolute Gasteiger partial charge is 0.316 e. The van der Waals surface area contributed by atoms with E-state index in [1.54, 1.807) is 18.2 Å². The van der Waals surface area contributed by atoms with Crippen LogP contribution in [-0.4, -0.2) is 17.0 Å². The molecule has 0 saturated carbocycles. The molecular formula is C9H8ClNO2. The standard InChI is InChI=1S/C9H8ClNO2/c10-6-1-2-7-5(3-6)4-8(11-13)9(7)12/h1-3,8,11,13H,4H2. The summed E-state index contributed by atoms with van der Waals surface area (Å²) in [4.78, 5) is 11.5. The second kappa shape index (κ2) is 3.10. The summed E-state index contributed by atoms with van der Waals surface area (Å²) in [5.41, 5.74) is 3.53. The number of hydroxylamine groups is 1. The molecule has 0 aliphatic heterocycles. The summed E-state index contributed by atoms with van der Waals surface area (Å²) in [5, 5.41) is 9.29. The number of Topliss-reactive ketones (excluding diaryl/α,β-unsaturated/α-hetero) is 1. The third-order valence-electron chi connectivity index (χ3n) is 2.23. The molecule has 0 spiro atoms. The van der Waals surface area contributed by atoms with Crippen LogP contribution in [0.25, 0.3) is 0 Å². The fraction of sp³-hybridized carbons (Fsp3) is 0.222. The Labute approximate surface area is 80.3 Å². The Hall–Kier alpha value is -0.900. The highest BCUT2D eigenvalue weighted by Gasteiger charge is 2.29. The first-order chi connectivity index (χ1) is 6.22. The molecule has 0 fully saturated rings. The van der Waals surface area contributed by atoms with E-state index in [2.05, 4.69) is 0 Å². The van der Waals surface area contributed by atoms with E-state index in [1.807, 2.05) is 5.48 Å². The van der Waals surface area contributed by atoms with E-state index >= 15 is 0 Å². The number of ketones is 1. The molecule has 1 aliphatic carbocycles. The van der Waals surface area contributed by atoms with E-state index in [4.69, 9.17) is 16.8 Å². The van der Waals surface area contributed by atoms with Crippen LogP contribution in [0.5, 0.6) is 0 Å². The predicted octanol–water partition coefficient (Wildman–Crippen LogP) is 1.43. The lowest BCUT2D eigenvalue weighted by atomic mass is 10.1.